The zero-order chi connectivity index (χ0) is 44.3. The van der Waals surface area contributed by atoms with Gasteiger partial charge in [-0.25, -0.2) is 9.97 Å². The van der Waals surface area contributed by atoms with E-state index in [1.54, 1.807) is 13.1 Å². The predicted octanol–water partition coefficient (Wildman–Crippen LogP) is 15.5. The van der Waals surface area contributed by atoms with Gasteiger partial charge in [0.15, 0.2) is 5.82 Å². The monoisotopic (exact) mass is 800 g/mol. The molecule has 0 aliphatic rings. The molecule has 0 saturated carbocycles. The molecule has 0 fully saturated rings. The van der Waals surface area contributed by atoms with Crippen molar-refractivity contribution in [1.82, 2.24) is 9.97 Å². The number of rotatable bonds is 12. The van der Waals surface area contributed by atoms with Crippen LogP contribution in [-0.2, 0) is 0 Å². The highest BCUT2D eigenvalue weighted by Crippen LogP contribution is 2.33. The maximum atomic E-state index is 5.00. The van der Waals surface area contributed by atoms with Crippen LogP contribution < -0.4 is 0 Å². The summed E-state index contributed by atoms with van der Waals surface area (Å²) in [4.78, 5) is 19.0. The molecule has 0 aliphatic heterocycles. The number of nitrogens with zero attached hydrogens (tertiary/aromatic N) is 4. The van der Waals surface area contributed by atoms with Crippen LogP contribution in [0, 0.1) is 13.8 Å². The topological polar surface area (TPSA) is 50.5 Å². The molecule has 6 aromatic rings. The Morgan fingerprint density at radius 3 is 1.75 bits per heavy atom. The van der Waals surface area contributed by atoms with Crippen molar-refractivity contribution in [2.24, 2.45) is 9.98 Å². The Bertz CT molecular complexity index is 2560. The second-order valence-electron chi connectivity index (χ2n) is 14.3. The van der Waals surface area contributed by atoms with Crippen molar-refractivity contribution in [3.8, 4) is 33.9 Å². The Labute approximate surface area is 365 Å². The first-order valence-electron chi connectivity index (χ1n) is 20.8. The van der Waals surface area contributed by atoms with Crippen LogP contribution in [-0.4, -0.2) is 28.4 Å². The van der Waals surface area contributed by atoms with E-state index in [0.717, 1.165) is 84.4 Å². The summed E-state index contributed by atoms with van der Waals surface area (Å²) in [6, 6.07) is 43.6. The lowest BCUT2D eigenvalue weighted by Gasteiger charge is -2.15. The average molecular weight is 801 g/mol. The van der Waals surface area contributed by atoms with Crippen molar-refractivity contribution >= 4 is 28.3 Å². The molecule has 0 N–H and O–H groups in total. The van der Waals surface area contributed by atoms with Gasteiger partial charge in [-0.15, -0.1) is 0 Å². The summed E-state index contributed by atoms with van der Waals surface area (Å²) < 4.78 is 0. The van der Waals surface area contributed by atoms with E-state index >= 15 is 0 Å². The van der Waals surface area contributed by atoms with Crippen LogP contribution in [0.3, 0.4) is 0 Å². The summed E-state index contributed by atoms with van der Waals surface area (Å²) in [6.07, 6.45) is 11.7. The van der Waals surface area contributed by atoms with E-state index < -0.39 is 0 Å². The largest absolute Gasteiger partial charge is 0.288 e. The molecular formula is C57H60N4. The molecule has 5 aromatic carbocycles. The number of benzene rings is 5. The number of hydrogen-bond donors (Lipinski definition) is 0. The van der Waals surface area contributed by atoms with E-state index in [0.29, 0.717) is 0 Å². The number of allylic oxidation sites excluding steroid dienone is 8. The molecule has 1 heterocycles. The molecular weight excluding hydrogens is 741 g/mol. The first-order valence-corrected chi connectivity index (χ1v) is 20.8. The summed E-state index contributed by atoms with van der Waals surface area (Å²) in [5.41, 5.74) is 17.9. The van der Waals surface area contributed by atoms with E-state index in [9.17, 15) is 0 Å². The van der Waals surface area contributed by atoms with Crippen molar-refractivity contribution in [2.45, 2.75) is 55.4 Å². The lowest BCUT2D eigenvalue weighted by Crippen LogP contribution is -2.01. The maximum absolute atomic E-state index is 5.00. The van der Waals surface area contributed by atoms with Crippen molar-refractivity contribution in [2.75, 3.05) is 7.05 Å². The van der Waals surface area contributed by atoms with Gasteiger partial charge >= 0.3 is 0 Å². The fourth-order valence-corrected chi connectivity index (χ4v) is 6.50. The van der Waals surface area contributed by atoms with Crippen LogP contribution in [0.25, 0.3) is 50.7 Å². The van der Waals surface area contributed by atoms with Gasteiger partial charge in [0.25, 0.3) is 0 Å². The summed E-state index contributed by atoms with van der Waals surface area (Å²) >= 11 is 0. The number of aryl methyl sites for hydroxylation is 1. The van der Waals surface area contributed by atoms with E-state index in [-0.39, 0.29) is 0 Å². The molecule has 4 nitrogen and oxygen atoms in total. The van der Waals surface area contributed by atoms with Gasteiger partial charge in [-0.1, -0.05) is 197 Å². The summed E-state index contributed by atoms with van der Waals surface area (Å²) in [5.74, 6) is 0.737. The van der Waals surface area contributed by atoms with Gasteiger partial charge in [-0.2, -0.15) is 0 Å². The molecule has 0 saturated heterocycles. The Hall–Kier alpha value is -7.04. The SMILES string of the molecule is C=C(C)c1ccc(-c2nc(-c3ccccc3)c(C)c(-c3ccccc3C)n2)cc1.C=C/C=C\C=C(/C)c1ccc(C(=C)N=C(C)c2ccc(C(/C=C\C)=NC)cc2)cc1.CC. The smallest absolute Gasteiger partial charge is 0.160 e. The second kappa shape index (κ2) is 23.5. The molecule has 0 spiro atoms. The first-order chi connectivity index (χ1) is 29.5. The Kier molecular flexibility index (Phi) is 18.0. The molecule has 0 radical (unpaired) electrons. The zero-order valence-electron chi connectivity index (χ0n) is 37.5. The number of aromatic nitrogens is 2. The average Bonchev–Trinajstić information content (AvgIpc) is 3.30. The van der Waals surface area contributed by atoms with Gasteiger partial charge in [-0.3, -0.25) is 9.98 Å². The fourth-order valence-electron chi connectivity index (χ4n) is 6.50. The van der Waals surface area contributed by atoms with Crippen LogP contribution in [0.5, 0.6) is 0 Å². The molecule has 0 amide bonds. The molecule has 308 valence electrons. The van der Waals surface area contributed by atoms with E-state index in [2.05, 4.69) is 161 Å². The molecule has 0 bridgehead atoms. The third-order valence-electron chi connectivity index (χ3n) is 9.96. The minimum Gasteiger partial charge on any atom is -0.288 e. The highest BCUT2D eigenvalue weighted by molar-refractivity contribution is 6.09. The summed E-state index contributed by atoms with van der Waals surface area (Å²) in [5, 5.41) is 0. The third-order valence-corrected chi connectivity index (χ3v) is 9.96. The number of hydrogen-bond acceptors (Lipinski definition) is 4. The quantitative estimate of drug-likeness (QED) is 0.0914. The number of aliphatic imine (C=N–C) groups is 2. The highest BCUT2D eigenvalue weighted by atomic mass is 14.9. The van der Waals surface area contributed by atoms with E-state index in [1.165, 1.54) is 16.7 Å². The maximum Gasteiger partial charge on any atom is 0.160 e. The second-order valence-corrected chi connectivity index (χ2v) is 14.3. The highest BCUT2D eigenvalue weighted by Gasteiger charge is 2.16. The summed E-state index contributed by atoms with van der Waals surface area (Å²) in [7, 11) is 1.81. The van der Waals surface area contributed by atoms with Gasteiger partial charge in [0.1, 0.15) is 0 Å². The Morgan fingerprint density at radius 2 is 1.16 bits per heavy atom. The van der Waals surface area contributed by atoms with Crippen LogP contribution in [0.4, 0.5) is 0 Å². The van der Waals surface area contributed by atoms with Gasteiger partial charge in [-0.05, 0) is 86.6 Å². The van der Waals surface area contributed by atoms with Gasteiger partial charge in [0.2, 0.25) is 0 Å². The minimum absolute atomic E-state index is 0.737. The molecule has 0 atom stereocenters. The zero-order valence-corrected chi connectivity index (χ0v) is 37.5. The molecule has 1 aromatic heterocycles. The lowest BCUT2D eigenvalue weighted by molar-refractivity contribution is 1.14. The van der Waals surface area contributed by atoms with E-state index in [4.69, 9.17) is 15.0 Å². The standard InChI is InChI=1S/C28H30N2.C27H24N2.C2H6/c1-7-9-10-12-21(3)24-13-15-25(16-14-24)22(4)30-23(5)26-17-19-27(20-18-26)28(29-6)11-8-2;1-18(2)21-14-16-23(17-15-21)27-28-25(22-11-6-5-7-12-22)20(4)26(29-27)24-13-9-8-10-19(24)3;1-2/h7-20H,1,4H2,2-3,5-6H3;5-17H,1H2,2-4H3;1-2H3/b10-9-,11-8-,21-12+,29-28?,30-23?;;. The molecule has 6 rings (SSSR count). The lowest BCUT2D eigenvalue weighted by atomic mass is 9.98. The Morgan fingerprint density at radius 1 is 0.607 bits per heavy atom. The van der Waals surface area contributed by atoms with Crippen LogP contribution in [0.1, 0.15) is 80.5 Å². The van der Waals surface area contributed by atoms with Crippen molar-refractivity contribution < 1.29 is 0 Å². The first kappa shape index (κ1) is 46.6. The minimum atomic E-state index is 0.737. The van der Waals surface area contributed by atoms with Crippen molar-refractivity contribution in [1.29, 1.82) is 0 Å². The van der Waals surface area contributed by atoms with Gasteiger partial charge < -0.3 is 0 Å². The van der Waals surface area contributed by atoms with Crippen LogP contribution >= 0.6 is 0 Å². The molecule has 61 heavy (non-hydrogen) atoms. The third kappa shape index (κ3) is 12.7. The van der Waals surface area contributed by atoms with Gasteiger partial charge in [0.05, 0.1) is 22.8 Å². The van der Waals surface area contributed by atoms with Gasteiger partial charge in [0, 0.05) is 35.0 Å². The van der Waals surface area contributed by atoms with Crippen molar-refractivity contribution in [3.05, 3.63) is 223 Å². The molecule has 4 heteroatoms. The fraction of sp³-hybridized carbons (Fsp3) is 0.158. The van der Waals surface area contributed by atoms with Crippen LogP contribution in [0.2, 0.25) is 0 Å². The van der Waals surface area contributed by atoms with E-state index in [1.807, 2.05) is 77.1 Å². The predicted molar refractivity (Wildman–Crippen MR) is 268 cm³/mol. The normalized spacial score (nSPS) is 11.7. The van der Waals surface area contributed by atoms with Crippen molar-refractivity contribution in [3.63, 3.8) is 0 Å². The molecule has 0 aliphatic carbocycles. The summed E-state index contributed by atoms with van der Waals surface area (Å²) in [6.45, 7) is 28.2. The molecule has 0 unspecified atom stereocenters. The Balaban J connectivity index is 0.000000258. The van der Waals surface area contributed by atoms with Crippen LogP contribution in [0.15, 0.2) is 194 Å².